The Hall–Kier alpha value is -2.41. The maximum atomic E-state index is 14.2. The summed E-state index contributed by atoms with van der Waals surface area (Å²) in [5.74, 6) is -1.49. The predicted molar refractivity (Wildman–Crippen MR) is 95.6 cm³/mol. The van der Waals surface area contributed by atoms with Gasteiger partial charge in [0.15, 0.2) is 0 Å². The molecule has 2 aromatic rings. The summed E-state index contributed by atoms with van der Waals surface area (Å²) in [5, 5.41) is 2.64. The average molecular weight is 364 g/mol. The fourth-order valence-electron chi connectivity index (χ4n) is 2.16. The molecule has 0 atom stereocenters. The molecule has 0 radical (unpaired) electrons. The van der Waals surface area contributed by atoms with Crippen LogP contribution < -0.4 is 10.0 Å². The number of halogens is 1. The van der Waals surface area contributed by atoms with Gasteiger partial charge in [-0.05, 0) is 52.0 Å². The number of hydrogen-bond donors (Lipinski definition) is 2. The maximum absolute atomic E-state index is 14.2. The monoisotopic (exact) mass is 364 g/mol. The lowest BCUT2D eigenvalue weighted by Crippen LogP contribution is -2.41. The van der Waals surface area contributed by atoms with Crippen LogP contribution in [0, 0.1) is 12.7 Å². The standard InChI is InChI=1S/C18H21FN2O3S/c1-12-8-10-13(11-9-12)25(23,24)21-15-7-5-6-14(19)16(15)17(22)20-18(2,3)4/h5-11,21H,1-4H3,(H,20,22). The molecule has 0 saturated heterocycles. The molecule has 1 amide bonds. The highest BCUT2D eigenvalue weighted by molar-refractivity contribution is 7.92. The largest absolute Gasteiger partial charge is 0.347 e. The molecular weight excluding hydrogens is 343 g/mol. The number of anilines is 1. The minimum Gasteiger partial charge on any atom is -0.347 e. The van der Waals surface area contributed by atoms with E-state index in [0.717, 1.165) is 11.6 Å². The van der Waals surface area contributed by atoms with Gasteiger partial charge in [0.2, 0.25) is 0 Å². The Kier molecular flexibility index (Phi) is 5.17. The van der Waals surface area contributed by atoms with Crippen LogP contribution in [0.1, 0.15) is 36.7 Å². The minimum absolute atomic E-state index is 0.0320. The number of aryl methyl sites for hydroxylation is 1. The van der Waals surface area contributed by atoms with Gasteiger partial charge in [0.25, 0.3) is 15.9 Å². The van der Waals surface area contributed by atoms with Crippen molar-refractivity contribution in [3.63, 3.8) is 0 Å². The Bertz CT molecular complexity index is 886. The molecule has 0 aromatic heterocycles. The molecule has 0 fully saturated rings. The van der Waals surface area contributed by atoms with E-state index < -0.39 is 27.3 Å². The van der Waals surface area contributed by atoms with Gasteiger partial charge in [-0.2, -0.15) is 0 Å². The van der Waals surface area contributed by atoms with E-state index in [1.807, 2.05) is 6.92 Å². The van der Waals surface area contributed by atoms with Gasteiger partial charge in [-0.25, -0.2) is 12.8 Å². The van der Waals surface area contributed by atoms with Crippen molar-refractivity contribution in [3.05, 3.63) is 59.4 Å². The number of rotatable bonds is 4. The molecule has 2 rings (SSSR count). The van der Waals surface area contributed by atoms with Crippen LogP contribution in [0.25, 0.3) is 0 Å². The Morgan fingerprint density at radius 2 is 1.64 bits per heavy atom. The molecule has 0 bridgehead atoms. The van der Waals surface area contributed by atoms with Crippen LogP contribution in [0.4, 0.5) is 10.1 Å². The number of benzene rings is 2. The molecule has 0 aliphatic heterocycles. The summed E-state index contributed by atoms with van der Waals surface area (Å²) in [6.07, 6.45) is 0. The summed E-state index contributed by atoms with van der Waals surface area (Å²) in [6.45, 7) is 7.09. The first-order valence-electron chi connectivity index (χ1n) is 7.70. The second-order valence-corrected chi connectivity index (χ2v) is 8.47. The van der Waals surface area contributed by atoms with E-state index >= 15 is 0 Å². The second kappa shape index (κ2) is 6.84. The Morgan fingerprint density at radius 3 is 2.20 bits per heavy atom. The number of carbonyl (C=O) groups is 1. The lowest BCUT2D eigenvalue weighted by Gasteiger charge is -2.22. The van der Waals surface area contributed by atoms with Crippen LogP contribution in [0.2, 0.25) is 0 Å². The highest BCUT2D eigenvalue weighted by Gasteiger charge is 2.24. The quantitative estimate of drug-likeness (QED) is 0.872. The molecule has 0 saturated carbocycles. The van der Waals surface area contributed by atoms with Crippen molar-refractivity contribution in [3.8, 4) is 0 Å². The van der Waals surface area contributed by atoms with E-state index in [-0.39, 0.29) is 16.1 Å². The molecule has 5 nitrogen and oxygen atoms in total. The zero-order valence-corrected chi connectivity index (χ0v) is 15.4. The zero-order valence-electron chi connectivity index (χ0n) is 14.6. The van der Waals surface area contributed by atoms with E-state index in [1.165, 1.54) is 24.3 Å². The van der Waals surface area contributed by atoms with Crippen molar-refractivity contribution in [2.24, 2.45) is 0 Å². The molecule has 2 N–H and O–H groups in total. The van der Waals surface area contributed by atoms with Crippen molar-refractivity contribution >= 4 is 21.6 Å². The van der Waals surface area contributed by atoms with Crippen molar-refractivity contribution < 1.29 is 17.6 Å². The van der Waals surface area contributed by atoms with E-state index in [0.29, 0.717) is 0 Å². The molecule has 25 heavy (non-hydrogen) atoms. The molecule has 0 aliphatic carbocycles. The number of carbonyl (C=O) groups excluding carboxylic acids is 1. The van der Waals surface area contributed by atoms with E-state index in [1.54, 1.807) is 32.9 Å². The van der Waals surface area contributed by atoms with Crippen LogP contribution in [0.15, 0.2) is 47.4 Å². The van der Waals surface area contributed by atoms with Gasteiger partial charge >= 0.3 is 0 Å². The van der Waals surface area contributed by atoms with Gasteiger partial charge in [-0.1, -0.05) is 23.8 Å². The van der Waals surface area contributed by atoms with Gasteiger partial charge in [0.1, 0.15) is 5.82 Å². The molecule has 0 unspecified atom stereocenters. The fourth-order valence-corrected chi connectivity index (χ4v) is 3.24. The normalized spacial score (nSPS) is 11.9. The summed E-state index contributed by atoms with van der Waals surface area (Å²) in [5.41, 5.74) is -0.127. The molecule has 0 spiro atoms. The minimum atomic E-state index is -3.94. The predicted octanol–water partition coefficient (Wildman–Crippen LogP) is 3.46. The lowest BCUT2D eigenvalue weighted by atomic mass is 10.1. The van der Waals surface area contributed by atoms with E-state index in [4.69, 9.17) is 0 Å². The van der Waals surface area contributed by atoms with Gasteiger partial charge in [0, 0.05) is 5.54 Å². The molecule has 0 aliphatic rings. The molecule has 0 heterocycles. The third-order valence-corrected chi connectivity index (χ3v) is 4.69. The van der Waals surface area contributed by atoms with Crippen LogP contribution in [-0.4, -0.2) is 19.9 Å². The van der Waals surface area contributed by atoms with Gasteiger partial charge < -0.3 is 5.32 Å². The summed E-state index contributed by atoms with van der Waals surface area (Å²) < 4.78 is 41.6. The Labute approximate surface area is 147 Å². The number of sulfonamides is 1. The van der Waals surface area contributed by atoms with Crippen LogP contribution in [0.5, 0.6) is 0 Å². The third kappa shape index (κ3) is 4.79. The van der Waals surface area contributed by atoms with Crippen LogP contribution in [-0.2, 0) is 10.0 Å². The topological polar surface area (TPSA) is 75.3 Å². The number of hydrogen-bond acceptors (Lipinski definition) is 3. The SMILES string of the molecule is Cc1ccc(S(=O)(=O)Nc2cccc(F)c2C(=O)NC(C)(C)C)cc1. The van der Waals surface area contributed by atoms with Gasteiger partial charge in [0.05, 0.1) is 16.1 Å². The smallest absolute Gasteiger partial charge is 0.261 e. The first-order valence-corrected chi connectivity index (χ1v) is 9.18. The summed E-state index contributed by atoms with van der Waals surface area (Å²) >= 11 is 0. The Balaban J connectivity index is 2.41. The maximum Gasteiger partial charge on any atom is 0.261 e. The lowest BCUT2D eigenvalue weighted by molar-refractivity contribution is 0.0916. The Morgan fingerprint density at radius 1 is 1.04 bits per heavy atom. The highest BCUT2D eigenvalue weighted by atomic mass is 32.2. The van der Waals surface area contributed by atoms with Gasteiger partial charge in [-0.15, -0.1) is 0 Å². The first-order chi connectivity index (χ1) is 11.5. The average Bonchev–Trinajstić information content (AvgIpc) is 2.45. The molecular formula is C18H21FN2O3S. The van der Waals surface area contributed by atoms with Gasteiger partial charge in [-0.3, -0.25) is 9.52 Å². The first kappa shape index (κ1) is 18.9. The zero-order chi connectivity index (χ0) is 18.8. The molecule has 134 valence electrons. The van der Waals surface area contributed by atoms with E-state index in [2.05, 4.69) is 10.0 Å². The highest BCUT2D eigenvalue weighted by Crippen LogP contribution is 2.23. The number of amides is 1. The molecule has 2 aromatic carbocycles. The van der Waals surface area contributed by atoms with Crippen molar-refractivity contribution in [2.45, 2.75) is 38.1 Å². The van der Waals surface area contributed by atoms with E-state index in [9.17, 15) is 17.6 Å². The summed E-state index contributed by atoms with van der Waals surface area (Å²) in [6, 6.07) is 10.0. The van der Waals surface area contributed by atoms with Crippen molar-refractivity contribution in [2.75, 3.05) is 4.72 Å². The summed E-state index contributed by atoms with van der Waals surface area (Å²) in [7, 11) is -3.94. The van der Waals surface area contributed by atoms with Crippen LogP contribution >= 0.6 is 0 Å². The van der Waals surface area contributed by atoms with Crippen molar-refractivity contribution in [1.29, 1.82) is 0 Å². The second-order valence-electron chi connectivity index (χ2n) is 6.79. The van der Waals surface area contributed by atoms with Crippen LogP contribution in [0.3, 0.4) is 0 Å². The summed E-state index contributed by atoms with van der Waals surface area (Å²) in [4.78, 5) is 12.4. The fraction of sp³-hybridized carbons (Fsp3) is 0.278. The van der Waals surface area contributed by atoms with Crippen molar-refractivity contribution in [1.82, 2.24) is 5.32 Å². The third-order valence-electron chi connectivity index (χ3n) is 3.30. The molecule has 7 heteroatoms. The number of nitrogens with one attached hydrogen (secondary N) is 2.